The lowest BCUT2D eigenvalue weighted by Crippen LogP contribution is -2.15. The molecule has 5 nitrogen and oxygen atoms in total. The molecule has 0 amide bonds. The van der Waals surface area contributed by atoms with Crippen LogP contribution in [-0.2, 0) is 16.6 Å². The summed E-state index contributed by atoms with van der Waals surface area (Å²) in [5.41, 5.74) is 3.25. The number of sulfonamides is 1. The lowest BCUT2D eigenvalue weighted by Gasteiger charge is -2.09. The zero-order valence-corrected chi connectivity index (χ0v) is 12.9. The summed E-state index contributed by atoms with van der Waals surface area (Å²) >= 11 is 0. The van der Waals surface area contributed by atoms with Gasteiger partial charge < -0.3 is 5.32 Å². The lowest BCUT2D eigenvalue weighted by atomic mass is 10.1. The van der Waals surface area contributed by atoms with E-state index in [0.717, 1.165) is 5.69 Å². The van der Waals surface area contributed by atoms with Gasteiger partial charge in [0, 0.05) is 6.54 Å². The molecule has 2 rings (SSSR count). The summed E-state index contributed by atoms with van der Waals surface area (Å²) in [6, 6.07) is 11.7. The Morgan fingerprint density at radius 1 is 1.19 bits per heavy atom. The summed E-state index contributed by atoms with van der Waals surface area (Å²) < 4.78 is 25.3. The summed E-state index contributed by atoms with van der Waals surface area (Å²) in [6.45, 7) is 4.34. The maximum atomic E-state index is 11.4. The summed E-state index contributed by atoms with van der Waals surface area (Å²) in [7, 11) is -3.28. The minimum Gasteiger partial charge on any atom is -0.380 e. The van der Waals surface area contributed by atoms with Gasteiger partial charge in [0.05, 0.1) is 17.6 Å². The SMILES string of the molecule is CCS(=O)(=O)Nc1ccc(NCc2cccc(C)c2)cn1. The number of hydrogen-bond acceptors (Lipinski definition) is 4. The number of nitrogens with one attached hydrogen (secondary N) is 2. The van der Waals surface area contributed by atoms with E-state index in [1.807, 2.05) is 6.07 Å². The number of pyridine rings is 1. The molecule has 0 bridgehead atoms. The van der Waals surface area contributed by atoms with Crippen LogP contribution in [0.25, 0.3) is 0 Å². The van der Waals surface area contributed by atoms with Crippen molar-refractivity contribution in [2.75, 3.05) is 15.8 Å². The topological polar surface area (TPSA) is 71.1 Å². The second kappa shape index (κ2) is 6.58. The molecule has 0 aliphatic rings. The molecule has 2 aromatic rings. The van der Waals surface area contributed by atoms with Gasteiger partial charge in [-0.3, -0.25) is 4.72 Å². The van der Waals surface area contributed by atoms with Gasteiger partial charge in [0.2, 0.25) is 10.0 Å². The third-order valence-electron chi connectivity index (χ3n) is 2.98. The van der Waals surface area contributed by atoms with E-state index >= 15 is 0 Å². The molecule has 21 heavy (non-hydrogen) atoms. The van der Waals surface area contributed by atoms with E-state index in [1.54, 1.807) is 25.3 Å². The molecule has 1 aromatic carbocycles. The molecule has 0 atom stereocenters. The molecule has 0 unspecified atom stereocenters. The molecular weight excluding hydrogens is 286 g/mol. The molecule has 0 saturated carbocycles. The summed E-state index contributed by atoms with van der Waals surface area (Å²) in [5.74, 6) is 0.361. The summed E-state index contributed by atoms with van der Waals surface area (Å²) in [4.78, 5) is 4.09. The highest BCUT2D eigenvalue weighted by Crippen LogP contribution is 2.13. The zero-order chi connectivity index (χ0) is 15.3. The fourth-order valence-electron chi connectivity index (χ4n) is 1.82. The van der Waals surface area contributed by atoms with Crippen LogP contribution in [0.3, 0.4) is 0 Å². The highest BCUT2D eigenvalue weighted by atomic mass is 32.2. The zero-order valence-electron chi connectivity index (χ0n) is 12.1. The van der Waals surface area contributed by atoms with Crippen molar-refractivity contribution < 1.29 is 8.42 Å². The molecule has 1 aromatic heterocycles. The maximum absolute atomic E-state index is 11.4. The van der Waals surface area contributed by atoms with Gasteiger partial charge in [-0.1, -0.05) is 29.8 Å². The summed E-state index contributed by atoms with van der Waals surface area (Å²) in [5, 5.41) is 3.25. The van der Waals surface area contributed by atoms with Crippen LogP contribution < -0.4 is 10.0 Å². The third kappa shape index (κ3) is 4.75. The Morgan fingerprint density at radius 3 is 2.62 bits per heavy atom. The van der Waals surface area contributed by atoms with Gasteiger partial charge >= 0.3 is 0 Å². The number of hydrogen-bond donors (Lipinski definition) is 2. The molecule has 0 radical (unpaired) electrons. The van der Waals surface area contributed by atoms with Crippen molar-refractivity contribution in [3.63, 3.8) is 0 Å². The Hall–Kier alpha value is -2.08. The van der Waals surface area contributed by atoms with Crippen LogP contribution in [0.4, 0.5) is 11.5 Å². The lowest BCUT2D eigenvalue weighted by molar-refractivity contribution is 0.602. The molecule has 0 spiro atoms. The van der Waals surface area contributed by atoms with Gasteiger partial charge in [-0.05, 0) is 31.5 Å². The molecule has 6 heteroatoms. The number of nitrogens with zero attached hydrogens (tertiary/aromatic N) is 1. The number of benzene rings is 1. The van der Waals surface area contributed by atoms with Gasteiger partial charge in [0.15, 0.2) is 0 Å². The average Bonchev–Trinajstić information content (AvgIpc) is 2.46. The van der Waals surface area contributed by atoms with Crippen molar-refractivity contribution in [3.05, 3.63) is 53.7 Å². The predicted octanol–water partition coefficient (Wildman–Crippen LogP) is 2.76. The minimum atomic E-state index is -3.28. The second-order valence-corrected chi connectivity index (χ2v) is 6.79. The van der Waals surface area contributed by atoms with E-state index in [9.17, 15) is 8.42 Å². The third-order valence-corrected chi connectivity index (χ3v) is 4.26. The van der Waals surface area contributed by atoms with Crippen LogP contribution in [0.2, 0.25) is 0 Å². The van der Waals surface area contributed by atoms with Crippen LogP contribution in [0.1, 0.15) is 18.1 Å². The van der Waals surface area contributed by atoms with E-state index in [1.165, 1.54) is 11.1 Å². The molecule has 0 aliphatic carbocycles. The van der Waals surface area contributed by atoms with Crippen LogP contribution >= 0.6 is 0 Å². The standard InChI is InChI=1S/C15H19N3O2S/c1-3-21(19,20)18-15-8-7-14(11-17-15)16-10-13-6-4-5-12(2)9-13/h4-9,11,16H,3,10H2,1-2H3,(H,17,18). The minimum absolute atomic E-state index is 0.0298. The molecular formula is C15H19N3O2S. The van der Waals surface area contributed by atoms with Gasteiger partial charge in [0.25, 0.3) is 0 Å². The first kappa shape index (κ1) is 15.3. The monoisotopic (exact) mass is 305 g/mol. The first-order valence-electron chi connectivity index (χ1n) is 6.74. The Kier molecular flexibility index (Phi) is 4.80. The first-order chi connectivity index (χ1) is 9.98. The smallest absolute Gasteiger partial charge is 0.233 e. The van der Waals surface area contributed by atoms with E-state index in [4.69, 9.17) is 0 Å². The molecule has 0 fully saturated rings. The van der Waals surface area contributed by atoms with Crippen LogP contribution in [0.5, 0.6) is 0 Å². The highest BCUT2D eigenvalue weighted by molar-refractivity contribution is 7.92. The first-order valence-corrected chi connectivity index (χ1v) is 8.40. The summed E-state index contributed by atoms with van der Waals surface area (Å²) in [6.07, 6.45) is 1.61. The van der Waals surface area contributed by atoms with Crippen molar-refractivity contribution in [2.24, 2.45) is 0 Å². The molecule has 0 aliphatic heterocycles. The van der Waals surface area contributed by atoms with E-state index in [2.05, 4.69) is 40.1 Å². The quantitative estimate of drug-likeness (QED) is 0.861. The van der Waals surface area contributed by atoms with Gasteiger partial charge in [0.1, 0.15) is 5.82 Å². The number of anilines is 2. The fraction of sp³-hybridized carbons (Fsp3) is 0.267. The van der Waals surface area contributed by atoms with Gasteiger partial charge in [-0.25, -0.2) is 13.4 Å². The second-order valence-electron chi connectivity index (χ2n) is 4.78. The van der Waals surface area contributed by atoms with Crippen molar-refractivity contribution in [3.8, 4) is 0 Å². The average molecular weight is 305 g/mol. The Bertz CT molecular complexity index is 697. The fourth-order valence-corrected chi connectivity index (χ4v) is 2.40. The number of aromatic nitrogens is 1. The molecule has 2 N–H and O–H groups in total. The number of rotatable bonds is 6. The molecule has 1 heterocycles. The van der Waals surface area contributed by atoms with Crippen molar-refractivity contribution in [2.45, 2.75) is 20.4 Å². The van der Waals surface area contributed by atoms with Crippen LogP contribution in [0, 0.1) is 6.92 Å². The van der Waals surface area contributed by atoms with E-state index < -0.39 is 10.0 Å². The highest BCUT2D eigenvalue weighted by Gasteiger charge is 2.07. The largest absolute Gasteiger partial charge is 0.380 e. The predicted molar refractivity (Wildman–Crippen MR) is 85.8 cm³/mol. The molecule has 112 valence electrons. The van der Waals surface area contributed by atoms with Gasteiger partial charge in [-0.15, -0.1) is 0 Å². The Labute approximate surface area is 125 Å². The van der Waals surface area contributed by atoms with Crippen molar-refractivity contribution >= 4 is 21.5 Å². The van der Waals surface area contributed by atoms with E-state index in [0.29, 0.717) is 12.4 Å². The van der Waals surface area contributed by atoms with Gasteiger partial charge in [-0.2, -0.15) is 0 Å². The Morgan fingerprint density at radius 2 is 2.00 bits per heavy atom. The maximum Gasteiger partial charge on any atom is 0.233 e. The Balaban J connectivity index is 1.96. The molecule has 0 saturated heterocycles. The van der Waals surface area contributed by atoms with Crippen LogP contribution in [0.15, 0.2) is 42.6 Å². The van der Waals surface area contributed by atoms with Crippen LogP contribution in [-0.4, -0.2) is 19.2 Å². The number of aryl methyl sites for hydroxylation is 1. The normalized spacial score (nSPS) is 11.1. The van der Waals surface area contributed by atoms with Crippen molar-refractivity contribution in [1.29, 1.82) is 0 Å². The van der Waals surface area contributed by atoms with E-state index in [-0.39, 0.29) is 5.75 Å². The van der Waals surface area contributed by atoms with Crippen molar-refractivity contribution in [1.82, 2.24) is 4.98 Å².